The maximum atomic E-state index is 4.67. The van der Waals surface area contributed by atoms with Crippen molar-refractivity contribution in [2.45, 2.75) is 66.3 Å². The third kappa shape index (κ3) is 5.19. The molecule has 2 heteroatoms. The second kappa shape index (κ2) is 9.50. The summed E-state index contributed by atoms with van der Waals surface area (Å²) in [4.78, 5) is 7.34. The van der Waals surface area contributed by atoms with Crippen LogP contribution in [0.4, 0.5) is 0 Å². The van der Waals surface area contributed by atoms with Crippen LogP contribution in [0, 0.1) is 12.8 Å². The topological polar surface area (TPSA) is 15.6 Å². The zero-order valence-corrected chi connectivity index (χ0v) is 18.3. The lowest BCUT2D eigenvalue weighted by molar-refractivity contribution is 0.245. The van der Waals surface area contributed by atoms with Gasteiger partial charge in [-0.2, -0.15) is 0 Å². The summed E-state index contributed by atoms with van der Waals surface area (Å²) in [5.74, 6) is 1.36. The zero-order valence-electron chi connectivity index (χ0n) is 18.3. The fourth-order valence-electron chi connectivity index (χ4n) is 4.60. The molecule has 2 nitrogen and oxygen atoms in total. The van der Waals surface area contributed by atoms with Gasteiger partial charge in [0.2, 0.25) is 0 Å². The van der Waals surface area contributed by atoms with Crippen LogP contribution in [-0.4, -0.2) is 36.3 Å². The van der Waals surface area contributed by atoms with Crippen LogP contribution in [0.2, 0.25) is 0 Å². The molecule has 0 spiro atoms. The Balaban J connectivity index is 2.35. The van der Waals surface area contributed by atoms with Crippen molar-refractivity contribution in [1.82, 2.24) is 4.90 Å². The largest absolute Gasteiger partial charge is 0.300 e. The number of nitrogens with zero attached hydrogens (tertiary/aromatic N) is 2. The van der Waals surface area contributed by atoms with Gasteiger partial charge in [-0.05, 0) is 74.8 Å². The Morgan fingerprint density at radius 3 is 2.63 bits per heavy atom. The van der Waals surface area contributed by atoms with E-state index in [2.05, 4.69) is 76.7 Å². The predicted molar refractivity (Wildman–Crippen MR) is 121 cm³/mol. The van der Waals surface area contributed by atoms with E-state index >= 15 is 0 Å². The Labute approximate surface area is 167 Å². The summed E-state index contributed by atoms with van der Waals surface area (Å²) in [6.45, 7) is 24.6. The third-order valence-corrected chi connectivity index (χ3v) is 6.01. The highest BCUT2D eigenvalue weighted by Crippen LogP contribution is 2.34. The van der Waals surface area contributed by atoms with E-state index in [4.69, 9.17) is 0 Å². The molecule has 0 N–H and O–H groups in total. The Morgan fingerprint density at radius 2 is 2.04 bits per heavy atom. The predicted octanol–water partition coefficient (Wildman–Crippen LogP) is 6.25. The average molecular weight is 367 g/mol. The van der Waals surface area contributed by atoms with E-state index in [9.17, 15) is 0 Å². The van der Waals surface area contributed by atoms with Crippen LogP contribution in [0.15, 0.2) is 36.4 Å². The van der Waals surface area contributed by atoms with Crippen LogP contribution in [0.1, 0.15) is 75.6 Å². The molecule has 1 aliphatic rings. The van der Waals surface area contributed by atoms with Gasteiger partial charge in [0.1, 0.15) is 0 Å². The molecule has 1 aromatic rings. The van der Waals surface area contributed by atoms with E-state index in [0.29, 0.717) is 18.5 Å². The number of hydrogen-bond donors (Lipinski definition) is 0. The number of rotatable bonds is 8. The summed E-state index contributed by atoms with van der Waals surface area (Å²) in [7, 11) is 0. The smallest absolute Gasteiger partial charge is 0.0571 e. The van der Waals surface area contributed by atoms with Crippen molar-refractivity contribution >= 4 is 11.3 Å². The zero-order chi connectivity index (χ0) is 20.1. The maximum absolute atomic E-state index is 4.67. The monoisotopic (exact) mass is 366 g/mol. The van der Waals surface area contributed by atoms with Gasteiger partial charge in [-0.15, -0.1) is 6.58 Å². The van der Waals surface area contributed by atoms with E-state index in [0.717, 1.165) is 23.7 Å². The highest BCUT2D eigenvalue weighted by atomic mass is 15.2. The van der Waals surface area contributed by atoms with E-state index in [1.807, 2.05) is 6.08 Å². The van der Waals surface area contributed by atoms with Gasteiger partial charge in [-0.3, -0.25) is 4.99 Å². The molecule has 1 aromatic carbocycles. The van der Waals surface area contributed by atoms with Crippen molar-refractivity contribution in [1.29, 1.82) is 0 Å². The van der Waals surface area contributed by atoms with E-state index in [1.165, 1.54) is 41.6 Å². The first-order valence-electron chi connectivity index (χ1n) is 10.4. The molecule has 0 amide bonds. The third-order valence-electron chi connectivity index (χ3n) is 6.01. The number of benzene rings is 1. The molecule has 1 aliphatic heterocycles. The lowest BCUT2D eigenvalue weighted by atomic mass is 9.85. The van der Waals surface area contributed by atoms with E-state index in [-0.39, 0.29) is 0 Å². The van der Waals surface area contributed by atoms with Crippen LogP contribution in [0.25, 0.3) is 5.57 Å². The molecule has 1 unspecified atom stereocenters. The minimum atomic E-state index is 0.541. The molecule has 1 heterocycles. The van der Waals surface area contributed by atoms with Crippen molar-refractivity contribution < 1.29 is 0 Å². The number of aryl methyl sites for hydroxylation is 1. The van der Waals surface area contributed by atoms with Crippen LogP contribution in [-0.2, 0) is 0 Å². The molecule has 3 atom stereocenters. The highest BCUT2D eigenvalue weighted by molar-refractivity contribution is 6.03. The minimum Gasteiger partial charge on any atom is -0.300 e. The van der Waals surface area contributed by atoms with Gasteiger partial charge >= 0.3 is 0 Å². The molecule has 2 rings (SSSR count). The summed E-state index contributed by atoms with van der Waals surface area (Å²) in [6, 6.07) is 5.39. The van der Waals surface area contributed by atoms with Crippen LogP contribution >= 0.6 is 0 Å². The molecule has 0 bridgehead atoms. The number of aliphatic imine (C=N–C) groups is 1. The van der Waals surface area contributed by atoms with Gasteiger partial charge in [0.15, 0.2) is 0 Å². The Morgan fingerprint density at radius 1 is 1.33 bits per heavy atom. The second-order valence-corrected chi connectivity index (χ2v) is 8.47. The van der Waals surface area contributed by atoms with Gasteiger partial charge < -0.3 is 4.90 Å². The normalized spacial score (nSPS) is 22.1. The van der Waals surface area contributed by atoms with Gasteiger partial charge in [0.25, 0.3) is 0 Å². The first-order chi connectivity index (χ1) is 12.8. The lowest BCUT2D eigenvalue weighted by Gasteiger charge is -2.27. The second-order valence-electron chi connectivity index (χ2n) is 8.47. The fraction of sp³-hybridized carbons (Fsp3) is 0.560. The Hall–Kier alpha value is -1.67. The van der Waals surface area contributed by atoms with Crippen molar-refractivity contribution in [3.8, 4) is 0 Å². The molecule has 0 radical (unpaired) electrons. The standard InChI is InChI=1S/C25H38N2/c1-9-11-26-21(8)25-15-24(20(7)14-23(25)17(3)4)19(6)13-22-12-18(5)16-27(22)10-2/h9,14-15,18-19,22H,1,3,10-13,16H2,2,4-8H3/b26-21-/t18-,19?,22-/m0/s1. The van der Waals surface area contributed by atoms with Crippen LogP contribution in [0.3, 0.4) is 0 Å². The fourth-order valence-corrected chi connectivity index (χ4v) is 4.60. The molecule has 27 heavy (non-hydrogen) atoms. The molecule has 1 fully saturated rings. The molecular formula is C25H38N2. The summed E-state index contributed by atoms with van der Waals surface area (Å²) >= 11 is 0. The van der Waals surface area contributed by atoms with Crippen LogP contribution < -0.4 is 0 Å². The summed E-state index contributed by atoms with van der Waals surface area (Å²) in [6.07, 6.45) is 4.41. The van der Waals surface area contributed by atoms with E-state index in [1.54, 1.807) is 0 Å². The summed E-state index contributed by atoms with van der Waals surface area (Å²) in [5, 5.41) is 0. The molecule has 0 aromatic heterocycles. The molecule has 0 saturated carbocycles. The SMILES string of the molecule is C=CC/N=C(/C)c1cc(C(C)C[C@@H]2C[C@H](C)CN2CC)c(C)cc1C(=C)C. The number of likely N-dealkylation sites (tertiary alicyclic amines) is 1. The van der Waals surface area contributed by atoms with Gasteiger partial charge in [0, 0.05) is 23.9 Å². The Kier molecular flexibility index (Phi) is 7.61. The quantitative estimate of drug-likeness (QED) is 0.392. The van der Waals surface area contributed by atoms with Gasteiger partial charge in [-0.1, -0.05) is 45.1 Å². The first-order valence-corrected chi connectivity index (χ1v) is 10.4. The number of hydrogen-bond acceptors (Lipinski definition) is 2. The van der Waals surface area contributed by atoms with Gasteiger partial charge in [0.05, 0.1) is 6.54 Å². The molecule has 0 aliphatic carbocycles. The van der Waals surface area contributed by atoms with Crippen LogP contribution in [0.5, 0.6) is 0 Å². The van der Waals surface area contributed by atoms with Crippen molar-refractivity contribution in [3.63, 3.8) is 0 Å². The van der Waals surface area contributed by atoms with Crippen molar-refractivity contribution in [2.75, 3.05) is 19.6 Å². The first kappa shape index (κ1) is 21.6. The van der Waals surface area contributed by atoms with Crippen molar-refractivity contribution in [3.05, 3.63) is 53.6 Å². The lowest BCUT2D eigenvalue weighted by Crippen LogP contribution is -2.30. The summed E-state index contributed by atoms with van der Waals surface area (Å²) in [5.41, 5.74) is 7.45. The van der Waals surface area contributed by atoms with Gasteiger partial charge in [-0.25, -0.2) is 0 Å². The number of allylic oxidation sites excluding steroid dienone is 1. The molecule has 1 saturated heterocycles. The molecular weight excluding hydrogens is 328 g/mol. The molecule has 148 valence electrons. The highest BCUT2D eigenvalue weighted by Gasteiger charge is 2.30. The average Bonchev–Trinajstić information content (AvgIpc) is 2.98. The van der Waals surface area contributed by atoms with Crippen molar-refractivity contribution in [2.24, 2.45) is 10.9 Å². The Bertz CT molecular complexity index is 713. The summed E-state index contributed by atoms with van der Waals surface area (Å²) < 4.78 is 0. The maximum Gasteiger partial charge on any atom is 0.0571 e. The minimum absolute atomic E-state index is 0.541. The van der Waals surface area contributed by atoms with E-state index < -0.39 is 0 Å².